The molecule has 0 aliphatic rings. The Bertz CT molecular complexity index is 991. The number of benzene rings is 1. The lowest BCUT2D eigenvalue weighted by Gasteiger charge is -2.26. The number of hydrogen-bond acceptors (Lipinski definition) is 4. The predicted octanol–water partition coefficient (Wildman–Crippen LogP) is 4.18. The number of sulfonamides is 1. The van der Waals surface area contributed by atoms with E-state index < -0.39 is 36.5 Å². The van der Waals surface area contributed by atoms with Crippen LogP contribution in [0.15, 0.2) is 59.3 Å². The van der Waals surface area contributed by atoms with Crippen molar-refractivity contribution in [3.05, 3.63) is 66.0 Å². The van der Waals surface area contributed by atoms with E-state index in [-0.39, 0.29) is 6.42 Å². The maximum absolute atomic E-state index is 12.9. The van der Waals surface area contributed by atoms with Gasteiger partial charge >= 0.3 is 0 Å². The molecule has 8 heteroatoms. The molecule has 0 bridgehead atoms. The molecule has 6 nitrogen and oxygen atoms in total. The third-order valence-corrected chi connectivity index (χ3v) is 8.06. The smallest absolute Gasteiger partial charge is 0.217 e. The van der Waals surface area contributed by atoms with Crippen LogP contribution in [-0.2, 0) is 21.0 Å². The lowest BCUT2D eigenvalue weighted by Crippen LogP contribution is -2.42. The van der Waals surface area contributed by atoms with Gasteiger partial charge in [0.1, 0.15) is 11.0 Å². The summed E-state index contributed by atoms with van der Waals surface area (Å²) < 4.78 is 44.4. The average Bonchev–Trinajstić information content (AvgIpc) is 2.66. The highest BCUT2D eigenvalue weighted by molar-refractivity contribution is 7.90. The lowest BCUT2D eigenvalue weighted by molar-refractivity contribution is 0.527. The van der Waals surface area contributed by atoms with Crippen molar-refractivity contribution in [1.29, 1.82) is 0 Å². The summed E-state index contributed by atoms with van der Waals surface area (Å²) in [5.74, 6) is 0. The second-order valence-electron chi connectivity index (χ2n) is 9.04. The van der Waals surface area contributed by atoms with E-state index in [0.717, 1.165) is 5.56 Å². The van der Waals surface area contributed by atoms with E-state index in [9.17, 15) is 12.6 Å². The molecule has 0 saturated heterocycles. The highest BCUT2D eigenvalue weighted by Gasteiger charge is 2.32. The molecule has 1 unspecified atom stereocenters. The summed E-state index contributed by atoms with van der Waals surface area (Å²) in [6.45, 7) is 10.5. The number of nitrogens with one attached hydrogen (secondary N) is 1. The Labute approximate surface area is 182 Å². The van der Waals surface area contributed by atoms with Gasteiger partial charge in [0, 0.05) is 24.4 Å². The minimum atomic E-state index is -3.63. The Morgan fingerprint density at radius 3 is 2.20 bits per heavy atom. The zero-order chi connectivity index (χ0) is 22.6. The molecule has 164 valence electrons. The first-order valence-electron chi connectivity index (χ1n) is 9.78. The first kappa shape index (κ1) is 24.4. The molecular formula is C22H31N3O3S2. The van der Waals surface area contributed by atoms with E-state index in [1.54, 1.807) is 39.2 Å². The summed E-state index contributed by atoms with van der Waals surface area (Å²) in [7, 11) is -5.12. The van der Waals surface area contributed by atoms with Gasteiger partial charge in [-0.15, -0.1) is 0 Å². The van der Waals surface area contributed by atoms with Crippen molar-refractivity contribution in [3.8, 4) is 0 Å². The summed E-state index contributed by atoms with van der Waals surface area (Å²) in [6, 6.07) is 12.4. The van der Waals surface area contributed by atoms with Gasteiger partial charge in [-0.25, -0.2) is 17.3 Å². The molecule has 2 atom stereocenters. The Kier molecular flexibility index (Phi) is 7.71. The molecule has 1 N–H and O–H groups in total. The van der Waals surface area contributed by atoms with Crippen LogP contribution in [0, 0.1) is 0 Å². The van der Waals surface area contributed by atoms with Crippen molar-refractivity contribution >= 4 is 26.7 Å². The van der Waals surface area contributed by atoms with Gasteiger partial charge in [0.25, 0.3) is 0 Å². The zero-order valence-electron chi connectivity index (χ0n) is 18.4. The second-order valence-corrected chi connectivity index (χ2v) is 13.4. The standard InChI is InChI=1S/C22H31N3O3S2/c1-21(2,3)29(26)24-19(18-13-10-14-23-16-18)15-20(17-11-8-7-9-12-17)25-30(27,28)22(4,5)6/h7-14,16,20,25H,15H2,1-6H3/b24-19-/t20-,29?/m0/s1. The minimum Gasteiger partial charge on any atom is -0.264 e. The molecule has 1 heterocycles. The molecular weight excluding hydrogens is 418 g/mol. The number of aromatic nitrogens is 1. The number of hydrogen-bond donors (Lipinski definition) is 1. The van der Waals surface area contributed by atoms with E-state index in [0.29, 0.717) is 11.3 Å². The Balaban J connectivity index is 2.53. The molecule has 2 rings (SSSR count). The van der Waals surface area contributed by atoms with Crippen molar-refractivity contribution in [1.82, 2.24) is 9.71 Å². The fourth-order valence-corrected chi connectivity index (χ4v) is 4.05. The Morgan fingerprint density at radius 1 is 1.07 bits per heavy atom. The van der Waals surface area contributed by atoms with Gasteiger partial charge in [-0.1, -0.05) is 36.4 Å². The van der Waals surface area contributed by atoms with E-state index in [4.69, 9.17) is 0 Å². The molecule has 0 saturated carbocycles. The quantitative estimate of drug-likeness (QED) is 0.642. The van der Waals surface area contributed by atoms with E-state index in [1.807, 2.05) is 57.2 Å². The predicted molar refractivity (Wildman–Crippen MR) is 124 cm³/mol. The SMILES string of the molecule is CC(C)(C)S(=O)/N=C(/C[C@H](NS(=O)(=O)C(C)(C)C)c1ccccc1)c1cccnc1. The van der Waals surface area contributed by atoms with Crippen LogP contribution in [-0.4, -0.2) is 32.8 Å². The molecule has 30 heavy (non-hydrogen) atoms. The summed E-state index contributed by atoms with van der Waals surface area (Å²) in [5, 5.41) is 0. The largest absolute Gasteiger partial charge is 0.264 e. The van der Waals surface area contributed by atoms with E-state index in [2.05, 4.69) is 14.1 Å². The second kappa shape index (κ2) is 9.49. The van der Waals surface area contributed by atoms with Crippen LogP contribution in [0.2, 0.25) is 0 Å². The Hall–Kier alpha value is -1.90. The Morgan fingerprint density at radius 2 is 1.70 bits per heavy atom. The van der Waals surface area contributed by atoms with Crippen molar-refractivity contribution < 1.29 is 12.6 Å². The van der Waals surface area contributed by atoms with Crippen molar-refractivity contribution in [2.75, 3.05) is 0 Å². The van der Waals surface area contributed by atoms with Crippen LogP contribution >= 0.6 is 0 Å². The maximum atomic E-state index is 12.9. The van der Waals surface area contributed by atoms with E-state index >= 15 is 0 Å². The van der Waals surface area contributed by atoms with Gasteiger partial charge in [0.05, 0.1) is 21.2 Å². The highest BCUT2D eigenvalue weighted by atomic mass is 32.2. The van der Waals surface area contributed by atoms with Crippen LogP contribution in [0.5, 0.6) is 0 Å². The van der Waals surface area contributed by atoms with Gasteiger partial charge in [0.15, 0.2) is 0 Å². The number of pyridine rings is 1. The number of nitrogens with zero attached hydrogens (tertiary/aromatic N) is 2. The summed E-state index contributed by atoms with van der Waals surface area (Å²) in [5.41, 5.74) is 2.07. The average molecular weight is 450 g/mol. The van der Waals surface area contributed by atoms with Crippen molar-refractivity contribution in [2.24, 2.45) is 4.40 Å². The van der Waals surface area contributed by atoms with Crippen molar-refractivity contribution in [3.63, 3.8) is 0 Å². The normalized spacial score (nSPS) is 15.6. The molecule has 0 aliphatic carbocycles. The molecule has 1 aromatic carbocycles. The van der Waals surface area contributed by atoms with Crippen LogP contribution < -0.4 is 4.72 Å². The van der Waals surface area contributed by atoms with Crippen LogP contribution in [0.3, 0.4) is 0 Å². The third-order valence-electron chi connectivity index (χ3n) is 4.41. The summed E-state index contributed by atoms with van der Waals surface area (Å²) in [4.78, 5) is 4.15. The first-order valence-corrected chi connectivity index (χ1v) is 12.4. The fraction of sp³-hybridized carbons (Fsp3) is 0.455. The minimum absolute atomic E-state index is 0.243. The fourth-order valence-electron chi connectivity index (χ4n) is 2.45. The van der Waals surface area contributed by atoms with Crippen LogP contribution in [0.25, 0.3) is 0 Å². The molecule has 0 aliphatic heterocycles. The lowest BCUT2D eigenvalue weighted by atomic mass is 9.99. The van der Waals surface area contributed by atoms with Crippen LogP contribution in [0.4, 0.5) is 0 Å². The molecule has 0 spiro atoms. The van der Waals surface area contributed by atoms with Gasteiger partial charge in [-0.05, 0) is 53.2 Å². The first-order chi connectivity index (χ1) is 13.8. The molecule has 2 aromatic rings. The molecule has 0 amide bonds. The summed E-state index contributed by atoms with van der Waals surface area (Å²) in [6.07, 6.45) is 3.55. The highest BCUT2D eigenvalue weighted by Crippen LogP contribution is 2.25. The summed E-state index contributed by atoms with van der Waals surface area (Å²) >= 11 is 0. The maximum Gasteiger partial charge on any atom is 0.217 e. The van der Waals surface area contributed by atoms with Gasteiger partial charge < -0.3 is 0 Å². The molecule has 0 radical (unpaired) electrons. The topological polar surface area (TPSA) is 88.5 Å². The van der Waals surface area contributed by atoms with Gasteiger partial charge in [0.2, 0.25) is 10.0 Å². The third kappa shape index (κ3) is 6.55. The zero-order valence-corrected chi connectivity index (χ0v) is 20.0. The van der Waals surface area contributed by atoms with Gasteiger partial charge in [-0.2, -0.15) is 4.40 Å². The van der Waals surface area contributed by atoms with Gasteiger partial charge in [-0.3, -0.25) is 4.98 Å². The van der Waals surface area contributed by atoms with Crippen LogP contribution in [0.1, 0.15) is 65.1 Å². The molecule has 0 fully saturated rings. The monoisotopic (exact) mass is 449 g/mol. The van der Waals surface area contributed by atoms with E-state index in [1.165, 1.54) is 0 Å². The molecule has 1 aromatic heterocycles. The number of rotatable bonds is 7. The van der Waals surface area contributed by atoms with Crippen molar-refractivity contribution in [2.45, 2.75) is 63.5 Å².